The van der Waals surface area contributed by atoms with E-state index in [9.17, 15) is 27.6 Å². The third-order valence-electron chi connectivity index (χ3n) is 6.82. The highest BCUT2D eigenvalue weighted by molar-refractivity contribution is 7.10. The largest absolute Gasteiger partial charge is 0.416 e. The van der Waals surface area contributed by atoms with Crippen molar-refractivity contribution in [1.82, 2.24) is 15.2 Å². The smallest absolute Gasteiger partial charge is 0.370 e. The first-order valence-electron chi connectivity index (χ1n) is 12.4. The summed E-state index contributed by atoms with van der Waals surface area (Å²) >= 11 is 1.34. The summed E-state index contributed by atoms with van der Waals surface area (Å²) in [6.45, 7) is 2.54. The minimum Gasteiger partial charge on any atom is -0.370 e. The normalized spacial score (nSPS) is 16.6. The highest BCUT2D eigenvalue weighted by atomic mass is 32.1. The molecule has 0 spiro atoms. The molecule has 12 heteroatoms. The number of carbonyl (C=O) groups is 3. The Kier molecular flexibility index (Phi) is 8.35. The molecule has 0 bridgehead atoms. The number of hydrogen-bond acceptors (Lipinski definition) is 6. The number of carbonyl (C=O) groups excluding carboxylic acids is 3. The van der Waals surface area contributed by atoms with Gasteiger partial charge in [-0.3, -0.25) is 14.4 Å². The number of hydrogen-bond donors (Lipinski definition) is 2. The second kappa shape index (κ2) is 11.5. The van der Waals surface area contributed by atoms with Crippen molar-refractivity contribution in [3.05, 3.63) is 39.8 Å². The quantitative estimate of drug-likeness (QED) is 0.551. The molecule has 2 saturated heterocycles. The minimum atomic E-state index is -4.52. The fraction of sp³-hybridized carbons (Fsp3) is 0.520. The molecule has 8 nitrogen and oxygen atoms in total. The Hall–Kier alpha value is -3.15. The maximum Gasteiger partial charge on any atom is 0.416 e. The number of aromatic nitrogens is 1. The fourth-order valence-corrected chi connectivity index (χ4v) is 5.66. The van der Waals surface area contributed by atoms with Gasteiger partial charge >= 0.3 is 6.18 Å². The van der Waals surface area contributed by atoms with Gasteiger partial charge in [0.1, 0.15) is 5.69 Å². The fourth-order valence-electron chi connectivity index (χ4n) is 4.69. The van der Waals surface area contributed by atoms with Crippen molar-refractivity contribution >= 4 is 40.4 Å². The maximum atomic E-state index is 13.3. The number of rotatable bonds is 7. The van der Waals surface area contributed by atoms with Crippen molar-refractivity contribution in [2.75, 3.05) is 43.4 Å². The van der Waals surface area contributed by atoms with Crippen molar-refractivity contribution in [1.29, 1.82) is 0 Å². The summed E-state index contributed by atoms with van der Waals surface area (Å²) in [5.74, 6) is -0.696. The Morgan fingerprint density at radius 3 is 2.43 bits per heavy atom. The summed E-state index contributed by atoms with van der Waals surface area (Å²) in [4.78, 5) is 44.9. The van der Waals surface area contributed by atoms with E-state index >= 15 is 0 Å². The summed E-state index contributed by atoms with van der Waals surface area (Å²) in [5.41, 5.74) is 0.0396. The molecule has 37 heavy (non-hydrogen) atoms. The van der Waals surface area contributed by atoms with Gasteiger partial charge in [-0.1, -0.05) is 0 Å². The number of thiazole rings is 1. The zero-order valence-electron chi connectivity index (χ0n) is 20.6. The second-order valence-electron chi connectivity index (χ2n) is 9.28. The molecule has 1 aromatic heterocycles. The highest BCUT2D eigenvalue weighted by Gasteiger charge is 2.32. The van der Waals surface area contributed by atoms with Crippen LogP contribution in [0, 0.1) is 0 Å². The lowest BCUT2D eigenvalue weighted by atomic mass is 9.97. The number of benzene rings is 1. The van der Waals surface area contributed by atoms with E-state index in [0.29, 0.717) is 31.6 Å². The summed E-state index contributed by atoms with van der Waals surface area (Å²) in [6, 6.07) is 3.44. The molecule has 0 saturated carbocycles. The van der Waals surface area contributed by atoms with Crippen LogP contribution in [0.25, 0.3) is 0 Å². The number of halogens is 3. The molecular formula is C25H30F3N5O3S. The second-order valence-corrected chi connectivity index (χ2v) is 10.2. The highest BCUT2D eigenvalue weighted by Crippen LogP contribution is 2.37. The molecule has 2 fully saturated rings. The first-order valence-corrected chi connectivity index (χ1v) is 13.2. The van der Waals surface area contributed by atoms with E-state index in [1.54, 1.807) is 10.3 Å². The van der Waals surface area contributed by atoms with Crippen molar-refractivity contribution in [2.45, 2.75) is 50.6 Å². The van der Waals surface area contributed by atoms with Crippen LogP contribution in [-0.4, -0.2) is 60.8 Å². The molecule has 2 N–H and O–H groups in total. The van der Waals surface area contributed by atoms with Gasteiger partial charge in [0.05, 0.1) is 21.9 Å². The van der Waals surface area contributed by atoms with E-state index < -0.39 is 17.6 Å². The summed E-state index contributed by atoms with van der Waals surface area (Å²) in [6.07, 6.45) is -0.924. The summed E-state index contributed by atoms with van der Waals surface area (Å²) < 4.78 is 40.0. The third-order valence-corrected chi connectivity index (χ3v) is 7.82. The Bertz CT molecular complexity index is 1140. The molecule has 4 rings (SSSR count). The number of likely N-dealkylation sites (tertiary alicyclic amines) is 1. The molecule has 3 amide bonds. The van der Waals surface area contributed by atoms with E-state index in [1.165, 1.54) is 24.5 Å². The summed E-state index contributed by atoms with van der Waals surface area (Å²) in [5, 5.41) is 7.55. The molecule has 0 atom stereocenters. The van der Waals surface area contributed by atoms with E-state index in [2.05, 4.69) is 15.6 Å². The minimum absolute atomic E-state index is 0.0591. The average molecular weight is 538 g/mol. The standard InChI is InChI=1S/C25H30F3N5O3S/c1-29-21(34)6-7-22(35)33-12-8-16(9-13-33)24-31-19(15-37-24)23(36)30-18-14-17(25(26,27)28)4-5-20(18)32-10-2-3-11-32/h4-5,14-16H,2-3,6-13H2,1H3,(H,29,34)(H,30,36). The lowest BCUT2D eigenvalue weighted by Crippen LogP contribution is -2.38. The van der Waals surface area contributed by atoms with Gasteiger partial charge in [0, 0.05) is 57.4 Å². The summed E-state index contributed by atoms with van der Waals surface area (Å²) in [7, 11) is 1.53. The van der Waals surface area contributed by atoms with Crippen LogP contribution in [0.2, 0.25) is 0 Å². The molecule has 200 valence electrons. The number of nitrogens with one attached hydrogen (secondary N) is 2. The first kappa shape index (κ1) is 26.9. The average Bonchev–Trinajstić information content (AvgIpc) is 3.59. The molecule has 2 aliphatic heterocycles. The molecule has 1 aromatic carbocycles. The topological polar surface area (TPSA) is 94.6 Å². The van der Waals surface area contributed by atoms with Gasteiger partial charge in [-0.15, -0.1) is 11.3 Å². The van der Waals surface area contributed by atoms with Crippen molar-refractivity contribution < 1.29 is 27.6 Å². The zero-order chi connectivity index (χ0) is 26.6. The van der Waals surface area contributed by atoms with E-state index in [0.717, 1.165) is 43.1 Å². The maximum absolute atomic E-state index is 13.3. The van der Waals surface area contributed by atoms with E-state index in [1.807, 2.05) is 4.90 Å². The van der Waals surface area contributed by atoms with Crippen molar-refractivity contribution in [3.8, 4) is 0 Å². The lowest BCUT2D eigenvalue weighted by Gasteiger charge is -2.31. The van der Waals surface area contributed by atoms with Crippen LogP contribution in [0.15, 0.2) is 23.6 Å². The number of amides is 3. The monoisotopic (exact) mass is 537 g/mol. The molecule has 0 radical (unpaired) electrons. The van der Waals surface area contributed by atoms with Crippen molar-refractivity contribution in [2.24, 2.45) is 0 Å². The van der Waals surface area contributed by atoms with E-state index in [4.69, 9.17) is 0 Å². The van der Waals surface area contributed by atoms with Crippen molar-refractivity contribution in [3.63, 3.8) is 0 Å². The van der Waals surface area contributed by atoms with Gasteiger partial charge in [-0.2, -0.15) is 13.2 Å². The number of piperidine rings is 1. The molecule has 2 aromatic rings. The van der Waals surface area contributed by atoms with Gasteiger partial charge in [0.25, 0.3) is 5.91 Å². The molecule has 3 heterocycles. The number of nitrogens with zero attached hydrogens (tertiary/aromatic N) is 3. The van der Waals surface area contributed by atoms with Gasteiger partial charge in [0.15, 0.2) is 0 Å². The third kappa shape index (κ3) is 6.60. The van der Waals surface area contributed by atoms with Gasteiger partial charge in [-0.25, -0.2) is 4.98 Å². The Labute approximate surface area is 217 Å². The number of alkyl halides is 3. The predicted molar refractivity (Wildman–Crippen MR) is 135 cm³/mol. The molecule has 0 aliphatic carbocycles. The van der Waals surface area contributed by atoms with Gasteiger partial charge in [-0.05, 0) is 43.9 Å². The van der Waals surface area contributed by atoms with Crippen LogP contribution in [0.1, 0.15) is 65.5 Å². The van der Waals surface area contributed by atoms with Crippen LogP contribution in [0.5, 0.6) is 0 Å². The lowest BCUT2D eigenvalue weighted by molar-refractivity contribution is -0.137. The molecule has 2 aliphatic rings. The van der Waals surface area contributed by atoms with Crippen LogP contribution < -0.4 is 15.5 Å². The van der Waals surface area contributed by atoms with Crippen LogP contribution in [0.4, 0.5) is 24.5 Å². The first-order chi connectivity index (χ1) is 17.7. The molecule has 0 unspecified atom stereocenters. The van der Waals surface area contributed by atoms with E-state index in [-0.39, 0.29) is 42.0 Å². The SMILES string of the molecule is CNC(=O)CCC(=O)N1CCC(c2nc(C(=O)Nc3cc(C(F)(F)F)ccc3N3CCCC3)cs2)CC1. The van der Waals surface area contributed by atoms with Crippen LogP contribution in [0.3, 0.4) is 0 Å². The van der Waals surface area contributed by atoms with Crippen LogP contribution in [-0.2, 0) is 15.8 Å². The number of anilines is 2. The Morgan fingerprint density at radius 1 is 1.08 bits per heavy atom. The predicted octanol–water partition coefficient (Wildman–Crippen LogP) is 4.25. The van der Waals surface area contributed by atoms with Gasteiger partial charge in [0.2, 0.25) is 11.8 Å². The Balaban J connectivity index is 1.40. The molecular weight excluding hydrogens is 507 g/mol. The van der Waals surface area contributed by atoms with Gasteiger partial charge < -0.3 is 20.4 Å². The van der Waals surface area contributed by atoms with Crippen LogP contribution >= 0.6 is 11.3 Å². The zero-order valence-corrected chi connectivity index (χ0v) is 21.4. The Morgan fingerprint density at radius 2 is 1.78 bits per heavy atom.